The molecule has 4 rings (SSSR count). The number of urea groups is 1. The summed E-state index contributed by atoms with van der Waals surface area (Å²) in [4.78, 5) is 60.9. The molecular formula is C27H38N4O8. The van der Waals surface area contributed by atoms with Gasteiger partial charge in [0.15, 0.2) is 11.5 Å². The third-order valence-electron chi connectivity index (χ3n) is 7.57. The average molecular weight is 547 g/mol. The predicted molar refractivity (Wildman–Crippen MR) is 139 cm³/mol. The molecule has 3 atom stereocenters. The van der Waals surface area contributed by atoms with Gasteiger partial charge in [0.05, 0.1) is 19.1 Å². The van der Waals surface area contributed by atoms with Gasteiger partial charge in [0.25, 0.3) is 5.91 Å². The summed E-state index contributed by atoms with van der Waals surface area (Å²) in [6, 6.07) is 4.52. The summed E-state index contributed by atoms with van der Waals surface area (Å²) in [5, 5.41) is 11.8. The van der Waals surface area contributed by atoms with Gasteiger partial charge in [-0.25, -0.2) is 9.86 Å². The van der Waals surface area contributed by atoms with E-state index in [0.29, 0.717) is 37.6 Å². The van der Waals surface area contributed by atoms with E-state index < -0.39 is 29.9 Å². The van der Waals surface area contributed by atoms with Crippen LogP contribution in [-0.4, -0.2) is 108 Å². The summed E-state index contributed by atoms with van der Waals surface area (Å²) >= 11 is 0. The molecule has 1 unspecified atom stereocenters. The van der Waals surface area contributed by atoms with Gasteiger partial charge in [-0.15, -0.1) is 0 Å². The van der Waals surface area contributed by atoms with Crippen LogP contribution in [0.15, 0.2) is 18.2 Å². The second-order valence-corrected chi connectivity index (χ2v) is 10.2. The van der Waals surface area contributed by atoms with Gasteiger partial charge in [0.2, 0.25) is 12.7 Å². The Labute approximate surface area is 228 Å². The number of imide groups is 1. The van der Waals surface area contributed by atoms with E-state index in [9.17, 15) is 24.3 Å². The summed E-state index contributed by atoms with van der Waals surface area (Å²) in [6.45, 7) is 5.78. The maximum Gasteiger partial charge on any atom is 0.326 e. The number of carboxylic acid groups (broad SMARTS) is 1. The minimum absolute atomic E-state index is 0.00839. The Morgan fingerprint density at radius 3 is 2.64 bits per heavy atom. The molecule has 1 aromatic carbocycles. The zero-order valence-corrected chi connectivity index (χ0v) is 22.8. The van der Waals surface area contributed by atoms with Crippen molar-refractivity contribution in [3.05, 3.63) is 23.8 Å². The molecule has 0 spiro atoms. The first-order valence-corrected chi connectivity index (χ1v) is 13.6. The lowest BCUT2D eigenvalue weighted by atomic mass is 9.84. The molecule has 3 heterocycles. The van der Waals surface area contributed by atoms with Gasteiger partial charge in [-0.3, -0.25) is 29.0 Å². The standard InChI is InChI=1S/C27H38N4O8/c1-4-10-31(39-13-5-2)24(33)16-30-15-19(18-6-7-21-22(14-18)38-17-37-21)25(26(34)35)20(30)8-11-29-12-9-23(32)28(3)27(29)36/h6-7,14,19-20,25H,4-5,8-13,15-17H2,1-3H3,(H,34,35)/t19-,20+,25?/m1/s1. The Morgan fingerprint density at radius 2 is 1.92 bits per heavy atom. The molecule has 0 saturated carbocycles. The summed E-state index contributed by atoms with van der Waals surface area (Å²) in [6.07, 6.45) is 2.04. The molecule has 4 amide bonds. The fourth-order valence-electron chi connectivity index (χ4n) is 5.56. The monoisotopic (exact) mass is 546 g/mol. The van der Waals surface area contributed by atoms with Crippen LogP contribution < -0.4 is 9.47 Å². The maximum absolute atomic E-state index is 13.3. The van der Waals surface area contributed by atoms with Crippen molar-refractivity contribution in [3.8, 4) is 11.5 Å². The number of fused-ring (bicyclic) bond motifs is 1. The van der Waals surface area contributed by atoms with E-state index in [1.54, 1.807) is 11.0 Å². The number of carbonyl (C=O) groups excluding carboxylic acids is 3. The maximum atomic E-state index is 13.3. The van der Waals surface area contributed by atoms with Crippen molar-refractivity contribution in [1.82, 2.24) is 19.8 Å². The Balaban J connectivity index is 1.58. The third kappa shape index (κ3) is 6.27. The first-order valence-electron chi connectivity index (χ1n) is 13.6. The largest absolute Gasteiger partial charge is 0.481 e. The van der Waals surface area contributed by atoms with Crippen molar-refractivity contribution in [2.24, 2.45) is 5.92 Å². The number of benzene rings is 1. The van der Waals surface area contributed by atoms with Crippen molar-refractivity contribution in [3.63, 3.8) is 0 Å². The van der Waals surface area contributed by atoms with Crippen molar-refractivity contribution in [1.29, 1.82) is 0 Å². The summed E-state index contributed by atoms with van der Waals surface area (Å²) in [5.41, 5.74) is 0.790. The number of carboxylic acids is 1. The van der Waals surface area contributed by atoms with E-state index in [1.165, 1.54) is 12.1 Å². The molecule has 0 aliphatic carbocycles. The number of ether oxygens (including phenoxy) is 2. The van der Waals surface area contributed by atoms with Crippen LogP contribution in [0.4, 0.5) is 4.79 Å². The highest BCUT2D eigenvalue weighted by Crippen LogP contribution is 2.42. The van der Waals surface area contributed by atoms with E-state index in [4.69, 9.17) is 14.3 Å². The van der Waals surface area contributed by atoms with Gasteiger partial charge in [0, 0.05) is 51.6 Å². The van der Waals surface area contributed by atoms with Gasteiger partial charge >= 0.3 is 12.0 Å². The minimum atomic E-state index is -0.970. The van der Waals surface area contributed by atoms with Crippen molar-refractivity contribution in [2.75, 3.05) is 53.2 Å². The van der Waals surface area contributed by atoms with Crippen LogP contribution in [0.2, 0.25) is 0 Å². The minimum Gasteiger partial charge on any atom is -0.481 e. The van der Waals surface area contributed by atoms with Crippen LogP contribution in [-0.2, 0) is 19.2 Å². The van der Waals surface area contributed by atoms with Gasteiger partial charge in [-0.2, -0.15) is 0 Å². The van der Waals surface area contributed by atoms with Crippen LogP contribution >= 0.6 is 0 Å². The average Bonchev–Trinajstić information content (AvgIpc) is 3.53. The van der Waals surface area contributed by atoms with Crippen LogP contribution in [0, 0.1) is 5.92 Å². The van der Waals surface area contributed by atoms with Crippen molar-refractivity contribution in [2.45, 2.75) is 51.5 Å². The van der Waals surface area contributed by atoms with Crippen LogP contribution in [0.3, 0.4) is 0 Å². The van der Waals surface area contributed by atoms with E-state index in [0.717, 1.165) is 23.3 Å². The molecule has 0 aromatic heterocycles. The molecule has 12 heteroatoms. The zero-order chi connectivity index (χ0) is 28.1. The van der Waals surface area contributed by atoms with E-state index >= 15 is 0 Å². The highest BCUT2D eigenvalue weighted by Gasteiger charge is 2.48. The van der Waals surface area contributed by atoms with Crippen molar-refractivity contribution >= 4 is 23.8 Å². The van der Waals surface area contributed by atoms with E-state index in [1.807, 2.05) is 30.9 Å². The van der Waals surface area contributed by atoms with Gasteiger partial charge in [0.1, 0.15) is 0 Å². The lowest BCUT2D eigenvalue weighted by Crippen LogP contribution is -2.52. The predicted octanol–water partition coefficient (Wildman–Crippen LogP) is 2.14. The number of nitrogens with zero attached hydrogens (tertiary/aromatic N) is 4. The lowest BCUT2D eigenvalue weighted by molar-refractivity contribution is -0.188. The van der Waals surface area contributed by atoms with Crippen LogP contribution in [0.25, 0.3) is 0 Å². The van der Waals surface area contributed by atoms with Gasteiger partial charge in [-0.1, -0.05) is 19.9 Å². The SMILES string of the molecule is CCCON(CCC)C(=O)CN1C[C@H](c2ccc3c(c2)OCO3)C(C(=O)O)[C@@H]1CCN1CCC(=O)N(C)C1=O. The number of hydroxylamine groups is 2. The fraction of sp³-hybridized carbons (Fsp3) is 0.630. The fourth-order valence-corrected chi connectivity index (χ4v) is 5.56. The lowest BCUT2D eigenvalue weighted by Gasteiger charge is -2.34. The molecule has 1 N–H and O–H groups in total. The Kier molecular flexibility index (Phi) is 9.28. The molecule has 3 aliphatic rings. The van der Waals surface area contributed by atoms with E-state index in [-0.39, 0.29) is 44.7 Å². The molecule has 1 aromatic rings. The topological polar surface area (TPSA) is 129 Å². The number of hydrogen-bond acceptors (Lipinski definition) is 8. The third-order valence-corrected chi connectivity index (χ3v) is 7.57. The second-order valence-electron chi connectivity index (χ2n) is 10.2. The number of aliphatic carboxylic acids is 1. The molecule has 2 fully saturated rings. The molecule has 2 saturated heterocycles. The quantitative estimate of drug-likeness (QED) is 0.392. The first kappa shape index (κ1) is 28.6. The Bertz CT molecular complexity index is 1080. The molecule has 12 nitrogen and oxygen atoms in total. The molecule has 39 heavy (non-hydrogen) atoms. The highest BCUT2D eigenvalue weighted by molar-refractivity contribution is 5.96. The molecular weight excluding hydrogens is 508 g/mol. The number of likely N-dealkylation sites (tertiary alicyclic amines) is 1. The number of rotatable bonds is 12. The summed E-state index contributed by atoms with van der Waals surface area (Å²) < 4.78 is 10.9. The Morgan fingerprint density at radius 1 is 1.15 bits per heavy atom. The van der Waals surface area contributed by atoms with Crippen LogP contribution in [0.1, 0.15) is 51.0 Å². The number of amides is 4. The summed E-state index contributed by atoms with van der Waals surface area (Å²) in [7, 11) is 1.45. The number of hydrogen-bond donors (Lipinski definition) is 1. The van der Waals surface area contributed by atoms with Crippen LogP contribution in [0.5, 0.6) is 11.5 Å². The number of carbonyl (C=O) groups is 4. The van der Waals surface area contributed by atoms with Gasteiger partial charge in [-0.05, 0) is 37.0 Å². The normalized spacial score (nSPS) is 23.0. The highest BCUT2D eigenvalue weighted by atomic mass is 16.7. The molecule has 0 radical (unpaired) electrons. The second kappa shape index (κ2) is 12.6. The molecule has 3 aliphatic heterocycles. The Hall–Kier alpha value is -3.38. The molecule has 214 valence electrons. The zero-order valence-electron chi connectivity index (χ0n) is 22.8. The van der Waals surface area contributed by atoms with Gasteiger partial charge < -0.3 is 19.5 Å². The smallest absolute Gasteiger partial charge is 0.326 e. The summed E-state index contributed by atoms with van der Waals surface area (Å²) in [5.74, 6) is -1.50. The molecule has 0 bridgehead atoms. The van der Waals surface area contributed by atoms with E-state index in [2.05, 4.69) is 0 Å². The first-order chi connectivity index (χ1) is 18.7. The van der Waals surface area contributed by atoms with Crippen molar-refractivity contribution < 1.29 is 38.6 Å².